The summed E-state index contributed by atoms with van der Waals surface area (Å²) in [7, 11) is 5.59. The first-order valence-electron chi connectivity index (χ1n) is 17.0. The molecule has 13 heteroatoms. The minimum atomic E-state index is -1.18. The smallest absolute Gasteiger partial charge is 0.347 e. The fraction of sp³-hybridized carbons (Fsp3) is 0.333. The van der Waals surface area contributed by atoms with Gasteiger partial charge in [-0.3, -0.25) is 0 Å². The highest BCUT2D eigenvalue weighted by molar-refractivity contribution is 6.01. The van der Waals surface area contributed by atoms with Gasteiger partial charge in [0.2, 0.25) is 0 Å². The zero-order valence-electron chi connectivity index (χ0n) is 33.5. The summed E-state index contributed by atoms with van der Waals surface area (Å²) in [6.45, 7) is 16.2. The maximum Gasteiger partial charge on any atom is 0.347 e. The van der Waals surface area contributed by atoms with E-state index in [1.807, 2.05) is 0 Å². The van der Waals surface area contributed by atoms with E-state index in [1.54, 1.807) is 62.3 Å². The molecule has 4 aromatic rings. The Morgan fingerprint density at radius 2 is 0.927 bits per heavy atom. The van der Waals surface area contributed by atoms with E-state index in [9.17, 15) is 29.4 Å². The van der Waals surface area contributed by atoms with Crippen molar-refractivity contribution in [3.63, 3.8) is 0 Å². The molecule has 0 fully saturated rings. The van der Waals surface area contributed by atoms with Crippen molar-refractivity contribution in [2.75, 3.05) is 28.4 Å². The Bertz CT molecular complexity index is 2280. The number of phenols is 1. The first-order valence-corrected chi connectivity index (χ1v) is 17.0. The van der Waals surface area contributed by atoms with Gasteiger partial charge in [-0.15, -0.1) is 0 Å². The number of hydrogen-bond acceptors (Lipinski definition) is 12. The lowest BCUT2D eigenvalue weighted by molar-refractivity contribution is 0.0687. The van der Waals surface area contributed by atoms with Crippen LogP contribution in [0.2, 0.25) is 0 Å². The summed E-state index contributed by atoms with van der Waals surface area (Å²) < 4.78 is 39.4. The Morgan fingerprint density at radius 1 is 0.491 bits per heavy atom. The normalized spacial score (nSPS) is 10.8. The van der Waals surface area contributed by atoms with Crippen LogP contribution in [-0.4, -0.2) is 62.5 Å². The van der Waals surface area contributed by atoms with Gasteiger partial charge in [0, 0.05) is 28.3 Å². The van der Waals surface area contributed by atoms with Crippen molar-refractivity contribution >= 4 is 23.9 Å². The van der Waals surface area contributed by atoms with Crippen LogP contribution in [0.3, 0.4) is 0 Å². The van der Waals surface area contributed by atoms with Gasteiger partial charge in [-0.2, -0.15) is 0 Å². The van der Waals surface area contributed by atoms with Crippen molar-refractivity contribution in [3.05, 3.63) is 90.0 Å². The molecule has 0 atom stereocenters. The molecule has 291 valence electrons. The summed E-state index contributed by atoms with van der Waals surface area (Å²) in [5.74, 6) is -3.06. The molecule has 0 aliphatic heterocycles. The summed E-state index contributed by atoms with van der Waals surface area (Å²) in [5, 5.41) is 21.1. The van der Waals surface area contributed by atoms with Gasteiger partial charge >= 0.3 is 23.9 Å². The first kappa shape index (κ1) is 41.5. The third-order valence-electron chi connectivity index (χ3n) is 9.90. The molecule has 0 saturated heterocycles. The van der Waals surface area contributed by atoms with Gasteiger partial charge in [0.05, 0.1) is 28.4 Å². The largest absolute Gasteiger partial charge is 0.507 e. The Balaban J connectivity index is 1.71. The van der Waals surface area contributed by atoms with Gasteiger partial charge in [-0.1, -0.05) is 0 Å². The number of hydrogen-bond donors (Lipinski definition) is 2. The Kier molecular flexibility index (Phi) is 12.1. The van der Waals surface area contributed by atoms with Gasteiger partial charge in [0.1, 0.15) is 68.2 Å². The van der Waals surface area contributed by atoms with Crippen LogP contribution in [0.15, 0.2) is 6.07 Å². The van der Waals surface area contributed by atoms with Gasteiger partial charge in [-0.25, -0.2) is 19.2 Å². The van der Waals surface area contributed by atoms with Crippen molar-refractivity contribution in [1.29, 1.82) is 0 Å². The Labute approximate surface area is 319 Å². The number of benzene rings is 4. The number of phenolic OH excluding ortho intramolecular Hbond substituents is 1. The van der Waals surface area contributed by atoms with E-state index < -0.39 is 29.6 Å². The molecule has 0 aliphatic rings. The number of ether oxygens (including phenoxy) is 7. The second kappa shape index (κ2) is 16.0. The standard InChI is InChI=1S/C42H45O13/c1-17-16-28(53-41(47)30-18(2)15-27(49-11)24(8)36(30)50-12)23(7)33(43)29(17)40(46)54-35-22(6)20(4)32(38(52-14)26(35)10)42(48)55-34-21(5)19(3)31(39(44)45)37(51-13)25(34)9/h16,43H,1-14H3,(H,44,45). The van der Waals surface area contributed by atoms with Crippen LogP contribution in [0.1, 0.15) is 97.1 Å². The maximum absolute atomic E-state index is 13.9. The lowest BCUT2D eigenvalue weighted by Gasteiger charge is -2.22. The molecule has 0 bridgehead atoms. The molecule has 4 aromatic carbocycles. The number of carbonyl (C=O) groups excluding carboxylic acids is 3. The molecule has 0 spiro atoms. The second-order valence-electron chi connectivity index (χ2n) is 13.1. The molecule has 2 N–H and O–H groups in total. The molecule has 0 saturated carbocycles. The van der Waals surface area contributed by atoms with Crippen LogP contribution >= 0.6 is 0 Å². The lowest BCUT2D eigenvalue weighted by Crippen LogP contribution is -2.19. The maximum atomic E-state index is 13.9. The van der Waals surface area contributed by atoms with Gasteiger partial charge in [0.25, 0.3) is 0 Å². The van der Waals surface area contributed by atoms with Crippen LogP contribution in [0.5, 0.6) is 46.0 Å². The number of aromatic carboxylic acids is 1. The van der Waals surface area contributed by atoms with Crippen molar-refractivity contribution in [2.24, 2.45) is 0 Å². The van der Waals surface area contributed by atoms with Gasteiger partial charge in [0.15, 0.2) is 0 Å². The van der Waals surface area contributed by atoms with Crippen LogP contribution < -0.4 is 33.2 Å². The highest BCUT2D eigenvalue weighted by Crippen LogP contribution is 2.43. The molecule has 13 nitrogen and oxygen atoms in total. The third kappa shape index (κ3) is 7.21. The summed E-state index contributed by atoms with van der Waals surface area (Å²) in [5.41, 5.74) is 3.54. The minimum Gasteiger partial charge on any atom is -0.507 e. The third-order valence-corrected chi connectivity index (χ3v) is 9.90. The van der Waals surface area contributed by atoms with E-state index in [-0.39, 0.29) is 67.9 Å². The number of methoxy groups -OCH3 is 4. The lowest BCUT2D eigenvalue weighted by atomic mass is 9.95. The number of aryl methyl sites for hydroxylation is 2. The summed E-state index contributed by atoms with van der Waals surface area (Å²) in [6.07, 6.45) is 0. The first-order chi connectivity index (χ1) is 25.8. The Morgan fingerprint density at radius 3 is 1.40 bits per heavy atom. The van der Waals surface area contributed by atoms with Crippen molar-refractivity contribution < 1.29 is 62.5 Å². The number of rotatable bonds is 11. The highest BCUT2D eigenvalue weighted by Gasteiger charge is 2.32. The fourth-order valence-corrected chi connectivity index (χ4v) is 6.68. The minimum absolute atomic E-state index is 0.00935. The predicted molar refractivity (Wildman–Crippen MR) is 202 cm³/mol. The van der Waals surface area contributed by atoms with E-state index in [1.165, 1.54) is 41.4 Å². The molecule has 4 rings (SSSR count). The molecule has 0 unspecified atom stereocenters. The topological polar surface area (TPSA) is 173 Å². The van der Waals surface area contributed by atoms with Crippen LogP contribution in [0, 0.1) is 75.3 Å². The predicted octanol–water partition coefficient (Wildman–Crippen LogP) is 7.67. The van der Waals surface area contributed by atoms with Crippen LogP contribution in [0.4, 0.5) is 0 Å². The molecule has 0 amide bonds. The summed E-state index contributed by atoms with van der Waals surface area (Å²) in [4.78, 5) is 53.1. The van der Waals surface area contributed by atoms with E-state index in [0.717, 1.165) is 0 Å². The summed E-state index contributed by atoms with van der Waals surface area (Å²) >= 11 is 0. The highest BCUT2D eigenvalue weighted by atomic mass is 16.6. The van der Waals surface area contributed by atoms with Crippen molar-refractivity contribution in [3.8, 4) is 46.0 Å². The molecule has 0 aliphatic carbocycles. The van der Waals surface area contributed by atoms with E-state index in [4.69, 9.17) is 33.2 Å². The number of carboxylic acid groups (broad SMARTS) is 1. The number of carbonyl (C=O) groups is 4. The molecule has 0 heterocycles. The van der Waals surface area contributed by atoms with Crippen LogP contribution in [0.25, 0.3) is 0 Å². The van der Waals surface area contributed by atoms with E-state index >= 15 is 0 Å². The van der Waals surface area contributed by atoms with E-state index in [2.05, 4.69) is 6.07 Å². The van der Waals surface area contributed by atoms with Gasteiger partial charge in [-0.05, 0) is 109 Å². The molecule has 1 radical (unpaired) electrons. The zero-order chi connectivity index (χ0) is 41.4. The molecule has 0 aromatic heterocycles. The van der Waals surface area contributed by atoms with E-state index in [0.29, 0.717) is 50.3 Å². The zero-order valence-corrected chi connectivity index (χ0v) is 33.5. The van der Waals surface area contributed by atoms with Crippen molar-refractivity contribution in [2.45, 2.75) is 69.2 Å². The van der Waals surface area contributed by atoms with Crippen LogP contribution in [-0.2, 0) is 0 Å². The Hall–Kier alpha value is -6.24. The monoisotopic (exact) mass is 757 g/mol. The molecular weight excluding hydrogens is 712 g/mol. The quantitative estimate of drug-likeness (QED) is 0.113. The number of aromatic hydroxyl groups is 1. The molecular formula is C42H45O13. The van der Waals surface area contributed by atoms with Crippen molar-refractivity contribution in [1.82, 2.24) is 0 Å². The average molecular weight is 758 g/mol. The second-order valence-corrected chi connectivity index (χ2v) is 13.1. The SMILES string of the molecule is COc1[c]c(C)c(C(=O)Oc2cc(C)c(C(=O)Oc3c(C)c(C)c(C(=O)Oc4c(C)c(C)c(C(=O)O)c(OC)c4C)c(OC)c3C)c(O)c2C)c(OC)c1C. The summed E-state index contributed by atoms with van der Waals surface area (Å²) in [6, 6.07) is 4.45. The number of carboxylic acids is 1. The fourth-order valence-electron chi connectivity index (χ4n) is 6.68. The molecule has 55 heavy (non-hydrogen) atoms. The average Bonchev–Trinajstić information content (AvgIpc) is 3.13. The number of esters is 3. The van der Waals surface area contributed by atoms with Gasteiger partial charge < -0.3 is 43.4 Å².